The fourth-order valence-corrected chi connectivity index (χ4v) is 8.40. The number of rotatable bonds is 14. The van der Waals surface area contributed by atoms with E-state index in [0.717, 1.165) is 53.1 Å². The lowest BCUT2D eigenvalue weighted by Crippen LogP contribution is -2.55. The number of nitrogens with one attached hydrogen (secondary N) is 1. The minimum Gasteiger partial charge on any atom is -0.493 e. The molecule has 1 atom stereocenters. The van der Waals surface area contributed by atoms with Crippen molar-refractivity contribution in [3.05, 3.63) is 117 Å². The summed E-state index contributed by atoms with van der Waals surface area (Å²) in [6.07, 6.45) is 5.06. The quantitative estimate of drug-likeness (QED) is 0.140. The van der Waals surface area contributed by atoms with E-state index in [4.69, 9.17) is 32.7 Å². The number of hydrogen-bond donors (Lipinski definition) is 1. The molecule has 9 nitrogen and oxygen atoms in total. The van der Waals surface area contributed by atoms with Gasteiger partial charge in [-0.1, -0.05) is 84.9 Å². The molecule has 1 N–H and O–H groups in total. The monoisotopic (exact) mass is 765 g/mol. The molecule has 276 valence electrons. The van der Waals surface area contributed by atoms with Crippen LogP contribution in [0.15, 0.2) is 89.8 Å². The van der Waals surface area contributed by atoms with E-state index in [1.54, 1.807) is 30.3 Å². The van der Waals surface area contributed by atoms with Crippen LogP contribution in [0.2, 0.25) is 10.0 Å². The van der Waals surface area contributed by atoms with Crippen LogP contribution < -0.4 is 19.1 Å². The maximum absolute atomic E-state index is 14.9. The van der Waals surface area contributed by atoms with Crippen molar-refractivity contribution >= 4 is 50.7 Å². The lowest BCUT2D eigenvalue weighted by atomic mass is 9.94. The second-order valence-corrected chi connectivity index (χ2v) is 15.9. The van der Waals surface area contributed by atoms with Gasteiger partial charge in [0.15, 0.2) is 11.5 Å². The van der Waals surface area contributed by atoms with Gasteiger partial charge in [0.05, 0.1) is 34.8 Å². The fourth-order valence-electron chi connectivity index (χ4n) is 6.66. The molecule has 4 aromatic carbocycles. The highest BCUT2D eigenvalue weighted by Crippen LogP contribution is 2.33. The van der Waals surface area contributed by atoms with E-state index in [9.17, 15) is 18.0 Å². The average Bonchev–Trinajstić information content (AvgIpc) is 3.13. The first kappa shape index (κ1) is 39.0. The number of ether oxygens (including phenoxy) is 2. The number of methoxy groups -OCH3 is 2. The largest absolute Gasteiger partial charge is 0.493 e. The smallest absolute Gasteiger partial charge is 0.264 e. The van der Waals surface area contributed by atoms with Gasteiger partial charge in [0.2, 0.25) is 11.8 Å². The number of carbonyl (C=O) groups is 2. The molecular formula is C40H45Cl2N3O6S. The van der Waals surface area contributed by atoms with Crippen molar-refractivity contribution < 1.29 is 27.5 Å². The van der Waals surface area contributed by atoms with Crippen molar-refractivity contribution in [2.45, 2.75) is 75.9 Å². The zero-order valence-corrected chi connectivity index (χ0v) is 32.2. The van der Waals surface area contributed by atoms with Crippen LogP contribution in [-0.4, -0.2) is 58.0 Å². The molecule has 4 aromatic rings. The highest BCUT2D eigenvalue weighted by atomic mass is 35.5. The van der Waals surface area contributed by atoms with Crippen LogP contribution in [0.25, 0.3) is 0 Å². The normalized spacial score (nSPS) is 14.0. The molecule has 1 aliphatic carbocycles. The van der Waals surface area contributed by atoms with Gasteiger partial charge in [-0.25, -0.2) is 8.42 Å². The number of benzene rings is 4. The third-order valence-electron chi connectivity index (χ3n) is 9.28. The molecule has 0 bridgehead atoms. The van der Waals surface area contributed by atoms with Gasteiger partial charge in [0, 0.05) is 25.1 Å². The van der Waals surface area contributed by atoms with Gasteiger partial charge in [-0.05, 0) is 85.3 Å². The SMILES string of the molecule is COc1ccc(S(=O)(=O)N(CC(=O)N(Cc2ccc(Cl)c(Cl)c2)[C@H](Cc2ccccc2)C(=O)NC2CCCCC2)c2cc(C)cc(C)c2)cc1OC. The van der Waals surface area contributed by atoms with Crippen LogP contribution in [0, 0.1) is 13.8 Å². The number of halogens is 2. The molecule has 0 aromatic heterocycles. The van der Waals surface area contributed by atoms with Gasteiger partial charge >= 0.3 is 0 Å². The molecule has 1 aliphatic rings. The average molecular weight is 767 g/mol. The van der Waals surface area contributed by atoms with Gasteiger partial charge in [-0.3, -0.25) is 13.9 Å². The molecule has 12 heteroatoms. The summed E-state index contributed by atoms with van der Waals surface area (Å²) in [6.45, 7) is 3.11. The number of carbonyl (C=O) groups excluding carboxylic acids is 2. The Balaban J connectivity index is 1.61. The van der Waals surface area contributed by atoms with Crippen molar-refractivity contribution in [3.63, 3.8) is 0 Å². The van der Waals surface area contributed by atoms with Gasteiger partial charge in [0.1, 0.15) is 12.6 Å². The Kier molecular flexibility index (Phi) is 13.1. The Bertz CT molecular complexity index is 1970. The third kappa shape index (κ3) is 9.59. The molecule has 2 amide bonds. The Morgan fingerprint density at radius 2 is 1.48 bits per heavy atom. The molecular weight excluding hydrogens is 721 g/mol. The van der Waals surface area contributed by atoms with Crippen molar-refractivity contribution in [1.29, 1.82) is 0 Å². The Morgan fingerprint density at radius 1 is 0.808 bits per heavy atom. The number of anilines is 1. The highest BCUT2D eigenvalue weighted by Gasteiger charge is 2.36. The van der Waals surface area contributed by atoms with Gasteiger partial charge in [0.25, 0.3) is 10.0 Å². The second kappa shape index (κ2) is 17.5. The topological polar surface area (TPSA) is 105 Å². The predicted octanol–water partition coefficient (Wildman–Crippen LogP) is 7.91. The summed E-state index contributed by atoms with van der Waals surface area (Å²) in [4.78, 5) is 30.6. The molecule has 0 aliphatic heterocycles. The van der Waals surface area contributed by atoms with E-state index in [0.29, 0.717) is 27.0 Å². The van der Waals surface area contributed by atoms with Gasteiger partial charge in [-0.2, -0.15) is 0 Å². The van der Waals surface area contributed by atoms with E-state index in [2.05, 4.69) is 5.32 Å². The van der Waals surface area contributed by atoms with Crippen molar-refractivity contribution in [1.82, 2.24) is 10.2 Å². The number of nitrogens with zero attached hydrogens (tertiary/aromatic N) is 2. The third-order valence-corrected chi connectivity index (χ3v) is 11.8. The van der Waals surface area contributed by atoms with E-state index in [1.165, 1.54) is 37.3 Å². The van der Waals surface area contributed by atoms with Crippen LogP contribution in [-0.2, 0) is 32.6 Å². The summed E-state index contributed by atoms with van der Waals surface area (Å²) in [6, 6.07) is 23.2. The fraction of sp³-hybridized carbons (Fsp3) is 0.350. The number of aryl methyl sites for hydroxylation is 2. The second-order valence-electron chi connectivity index (χ2n) is 13.2. The van der Waals surface area contributed by atoms with Crippen LogP contribution in [0.5, 0.6) is 11.5 Å². The van der Waals surface area contributed by atoms with Crippen molar-refractivity contribution in [2.24, 2.45) is 0 Å². The summed E-state index contributed by atoms with van der Waals surface area (Å²) in [5, 5.41) is 3.87. The first-order valence-electron chi connectivity index (χ1n) is 17.3. The van der Waals surface area contributed by atoms with E-state index in [1.807, 2.05) is 50.2 Å². The van der Waals surface area contributed by atoms with Gasteiger partial charge in [-0.15, -0.1) is 0 Å². The van der Waals surface area contributed by atoms with E-state index >= 15 is 0 Å². The molecule has 0 heterocycles. The number of sulfonamides is 1. The molecule has 0 saturated heterocycles. The van der Waals surface area contributed by atoms with Crippen molar-refractivity contribution in [2.75, 3.05) is 25.1 Å². The standard InChI is InChI=1S/C40H45Cl2N3O6S/c1-27-19-28(2)21-32(20-27)45(52(48,49)33-16-18-37(50-3)38(24-33)51-4)26-39(46)44(25-30-15-17-34(41)35(42)22-30)36(23-29-11-7-5-8-12-29)40(47)43-31-13-9-6-10-14-31/h5,7-8,11-12,15-22,24,31,36H,6,9-10,13-14,23,25-26H2,1-4H3,(H,43,47)/t36-/m1/s1. The number of hydrogen-bond acceptors (Lipinski definition) is 6. The molecule has 1 fully saturated rings. The zero-order chi connectivity index (χ0) is 37.4. The van der Waals surface area contributed by atoms with E-state index in [-0.39, 0.29) is 35.6 Å². The lowest BCUT2D eigenvalue weighted by Gasteiger charge is -2.35. The molecule has 1 saturated carbocycles. The molecule has 0 unspecified atom stereocenters. The molecule has 5 rings (SSSR count). The van der Waals surface area contributed by atoms with E-state index < -0.39 is 28.5 Å². The first-order valence-corrected chi connectivity index (χ1v) is 19.5. The van der Waals surface area contributed by atoms with Crippen LogP contribution in [0.3, 0.4) is 0 Å². The minimum atomic E-state index is -4.38. The number of amides is 2. The first-order chi connectivity index (χ1) is 24.9. The zero-order valence-electron chi connectivity index (χ0n) is 29.9. The molecule has 0 spiro atoms. The Hall–Kier alpha value is -4.25. The van der Waals surface area contributed by atoms with Crippen LogP contribution in [0.4, 0.5) is 5.69 Å². The summed E-state index contributed by atoms with van der Waals surface area (Å²) in [5.74, 6) is -0.297. The lowest BCUT2D eigenvalue weighted by molar-refractivity contribution is -0.140. The highest BCUT2D eigenvalue weighted by molar-refractivity contribution is 7.92. The minimum absolute atomic E-state index is 0.0151. The summed E-state index contributed by atoms with van der Waals surface area (Å²) >= 11 is 12.7. The maximum Gasteiger partial charge on any atom is 0.264 e. The Morgan fingerprint density at radius 3 is 2.12 bits per heavy atom. The maximum atomic E-state index is 14.9. The summed E-state index contributed by atoms with van der Waals surface area (Å²) in [5.41, 5.74) is 3.42. The van der Waals surface area contributed by atoms with Crippen molar-refractivity contribution in [3.8, 4) is 11.5 Å². The predicted molar refractivity (Wildman–Crippen MR) is 206 cm³/mol. The summed E-state index contributed by atoms with van der Waals surface area (Å²) < 4.78 is 41.1. The summed E-state index contributed by atoms with van der Waals surface area (Å²) in [7, 11) is -1.49. The van der Waals surface area contributed by atoms with Gasteiger partial charge < -0.3 is 19.7 Å². The van der Waals surface area contributed by atoms with Crippen LogP contribution >= 0.6 is 23.2 Å². The Labute approximate surface area is 316 Å². The molecule has 52 heavy (non-hydrogen) atoms. The van der Waals surface area contributed by atoms with Crippen LogP contribution in [0.1, 0.15) is 54.4 Å². The molecule has 0 radical (unpaired) electrons.